The fraction of sp³-hybridized carbons (Fsp3) is 0.500. The molecule has 4 heteroatoms. The van der Waals surface area contributed by atoms with E-state index >= 15 is 0 Å². The Bertz CT molecular complexity index is 348. The Morgan fingerprint density at radius 2 is 2.36 bits per heavy atom. The van der Waals surface area contributed by atoms with Gasteiger partial charge in [0.1, 0.15) is 0 Å². The van der Waals surface area contributed by atoms with Crippen molar-refractivity contribution in [2.45, 2.75) is 31.8 Å². The van der Waals surface area contributed by atoms with Crippen molar-refractivity contribution in [3.8, 4) is 0 Å². The van der Waals surface area contributed by atoms with Crippen LogP contribution in [0.4, 0.5) is 0 Å². The maximum atomic E-state index is 11.3. The topological polar surface area (TPSA) is 55.1 Å². The molecule has 0 bridgehead atoms. The normalized spacial score (nSPS) is 27.4. The van der Waals surface area contributed by atoms with Gasteiger partial charge in [0.2, 0.25) is 5.91 Å². The molecule has 0 saturated carbocycles. The van der Waals surface area contributed by atoms with Crippen molar-refractivity contribution >= 4 is 17.2 Å². The minimum atomic E-state index is 0.0103. The number of carbonyl (C=O) groups is 1. The lowest BCUT2D eigenvalue weighted by Gasteiger charge is -2.26. The van der Waals surface area contributed by atoms with E-state index < -0.39 is 0 Å². The summed E-state index contributed by atoms with van der Waals surface area (Å²) in [5.41, 5.74) is 5.80. The molecule has 1 aliphatic heterocycles. The summed E-state index contributed by atoms with van der Waals surface area (Å²) < 4.78 is 0. The molecule has 1 aliphatic rings. The van der Waals surface area contributed by atoms with Gasteiger partial charge in [0.05, 0.1) is 6.04 Å². The monoisotopic (exact) mass is 210 g/mol. The lowest BCUT2D eigenvalue weighted by Crippen LogP contribution is -2.42. The summed E-state index contributed by atoms with van der Waals surface area (Å²) in [5, 5.41) is 2.97. The summed E-state index contributed by atoms with van der Waals surface area (Å²) in [6.07, 6.45) is 1.31. The van der Waals surface area contributed by atoms with E-state index in [1.807, 2.05) is 0 Å². The summed E-state index contributed by atoms with van der Waals surface area (Å²) in [6, 6.07) is 4.29. The number of hydrogen-bond donors (Lipinski definition) is 2. The number of piperidine rings is 1. The minimum Gasteiger partial charge on any atom is -0.348 e. The molecule has 0 aromatic carbocycles. The highest BCUT2D eigenvalue weighted by molar-refractivity contribution is 7.12. The zero-order valence-electron chi connectivity index (χ0n) is 8.12. The Morgan fingerprint density at radius 1 is 1.57 bits per heavy atom. The predicted octanol–water partition coefficient (Wildman–Crippen LogP) is 1.33. The number of thiophene rings is 1. The second kappa shape index (κ2) is 3.71. The van der Waals surface area contributed by atoms with Gasteiger partial charge in [0.15, 0.2) is 0 Å². The van der Waals surface area contributed by atoms with E-state index in [0.29, 0.717) is 6.42 Å². The second-order valence-corrected chi connectivity index (χ2v) is 5.09. The number of nitrogens with two attached hydrogens (primary N) is 1. The number of carbonyl (C=O) groups excluding carboxylic acids is 1. The Balaban J connectivity index is 2.14. The molecular weight excluding hydrogens is 196 g/mol. The van der Waals surface area contributed by atoms with Crippen molar-refractivity contribution in [1.82, 2.24) is 5.32 Å². The van der Waals surface area contributed by atoms with Gasteiger partial charge < -0.3 is 11.1 Å². The van der Waals surface area contributed by atoms with Gasteiger partial charge in [-0.15, -0.1) is 11.3 Å². The van der Waals surface area contributed by atoms with Crippen LogP contribution in [0.25, 0.3) is 0 Å². The Labute approximate surface area is 87.3 Å². The second-order valence-electron chi connectivity index (χ2n) is 3.77. The number of amides is 1. The first-order valence-corrected chi connectivity index (χ1v) is 5.58. The van der Waals surface area contributed by atoms with Crippen LogP contribution in [0.3, 0.4) is 0 Å². The van der Waals surface area contributed by atoms with E-state index in [2.05, 4.69) is 24.4 Å². The van der Waals surface area contributed by atoms with Crippen LogP contribution in [0.5, 0.6) is 0 Å². The van der Waals surface area contributed by atoms with Gasteiger partial charge in [0.25, 0.3) is 0 Å². The molecule has 1 amide bonds. The Morgan fingerprint density at radius 3 is 2.93 bits per heavy atom. The van der Waals surface area contributed by atoms with Gasteiger partial charge in [-0.2, -0.15) is 0 Å². The summed E-state index contributed by atoms with van der Waals surface area (Å²) in [7, 11) is 0. The lowest BCUT2D eigenvalue weighted by atomic mass is 9.99. The number of nitrogens with one attached hydrogen (secondary N) is 1. The quantitative estimate of drug-likeness (QED) is 0.735. The standard InChI is InChI=1S/C10H14N2OS/c1-6-2-3-9(14-6)8-4-7(11)5-10(13)12-8/h2-3,7-8H,4-5,11H2,1H3,(H,12,13). The zero-order chi connectivity index (χ0) is 10.1. The fourth-order valence-corrected chi connectivity index (χ4v) is 2.71. The predicted molar refractivity (Wildman–Crippen MR) is 57.1 cm³/mol. The SMILES string of the molecule is Cc1ccc(C2CC(N)CC(=O)N2)s1. The van der Waals surface area contributed by atoms with Crippen LogP contribution in [-0.2, 0) is 4.79 Å². The lowest BCUT2D eigenvalue weighted by molar-refractivity contribution is -0.123. The highest BCUT2D eigenvalue weighted by atomic mass is 32.1. The third-order valence-corrected chi connectivity index (χ3v) is 3.54. The largest absolute Gasteiger partial charge is 0.348 e. The van der Waals surface area contributed by atoms with E-state index in [1.54, 1.807) is 11.3 Å². The molecule has 1 fully saturated rings. The summed E-state index contributed by atoms with van der Waals surface area (Å²) in [4.78, 5) is 13.8. The molecule has 76 valence electrons. The van der Waals surface area contributed by atoms with Crippen molar-refractivity contribution in [1.29, 1.82) is 0 Å². The first-order valence-electron chi connectivity index (χ1n) is 4.76. The first-order chi connectivity index (χ1) is 6.65. The molecule has 1 saturated heterocycles. The maximum absolute atomic E-state index is 11.3. The minimum absolute atomic E-state index is 0.0103. The molecule has 2 rings (SSSR count). The third-order valence-electron chi connectivity index (χ3n) is 2.43. The van der Waals surface area contributed by atoms with E-state index in [-0.39, 0.29) is 18.0 Å². The van der Waals surface area contributed by atoms with E-state index in [1.165, 1.54) is 9.75 Å². The third kappa shape index (κ3) is 1.96. The molecule has 0 radical (unpaired) electrons. The highest BCUT2D eigenvalue weighted by Gasteiger charge is 2.25. The summed E-state index contributed by atoms with van der Waals surface area (Å²) in [6.45, 7) is 2.07. The van der Waals surface area contributed by atoms with Gasteiger partial charge in [-0.05, 0) is 25.5 Å². The number of rotatable bonds is 1. The molecule has 2 unspecified atom stereocenters. The van der Waals surface area contributed by atoms with E-state index in [0.717, 1.165) is 6.42 Å². The van der Waals surface area contributed by atoms with Gasteiger partial charge in [-0.25, -0.2) is 0 Å². The van der Waals surface area contributed by atoms with Crippen LogP contribution in [0.1, 0.15) is 28.6 Å². The molecule has 2 atom stereocenters. The van der Waals surface area contributed by atoms with Gasteiger partial charge in [0, 0.05) is 22.2 Å². The van der Waals surface area contributed by atoms with Crippen LogP contribution >= 0.6 is 11.3 Å². The molecule has 1 aromatic heterocycles. The Hall–Kier alpha value is -0.870. The maximum Gasteiger partial charge on any atom is 0.222 e. The average Bonchev–Trinajstić information content (AvgIpc) is 2.50. The van der Waals surface area contributed by atoms with Crippen molar-refractivity contribution in [2.24, 2.45) is 5.73 Å². The van der Waals surface area contributed by atoms with Crippen molar-refractivity contribution in [3.05, 3.63) is 21.9 Å². The molecule has 3 N–H and O–H groups in total. The van der Waals surface area contributed by atoms with Crippen LogP contribution in [-0.4, -0.2) is 11.9 Å². The van der Waals surface area contributed by atoms with Gasteiger partial charge >= 0.3 is 0 Å². The molecular formula is C10H14N2OS. The number of aryl methyl sites for hydroxylation is 1. The molecule has 0 spiro atoms. The van der Waals surface area contributed by atoms with Crippen molar-refractivity contribution < 1.29 is 4.79 Å². The van der Waals surface area contributed by atoms with E-state index in [9.17, 15) is 4.79 Å². The molecule has 3 nitrogen and oxygen atoms in total. The van der Waals surface area contributed by atoms with Crippen LogP contribution in [0, 0.1) is 6.92 Å². The van der Waals surface area contributed by atoms with Crippen LogP contribution in [0.2, 0.25) is 0 Å². The fourth-order valence-electron chi connectivity index (χ4n) is 1.76. The first kappa shape index (κ1) is 9.68. The van der Waals surface area contributed by atoms with Crippen LogP contribution < -0.4 is 11.1 Å². The van der Waals surface area contributed by atoms with Crippen molar-refractivity contribution in [2.75, 3.05) is 0 Å². The average molecular weight is 210 g/mol. The molecule has 0 aliphatic carbocycles. The van der Waals surface area contributed by atoms with E-state index in [4.69, 9.17) is 5.73 Å². The van der Waals surface area contributed by atoms with Crippen molar-refractivity contribution in [3.63, 3.8) is 0 Å². The highest BCUT2D eigenvalue weighted by Crippen LogP contribution is 2.28. The van der Waals surface area contributed by atoms with Crippen LogP contribution in [0.15, 0.2) is 12.1 Å². The smallest absolute Gasteiger partial charge is 0.222 e. The van der Waals surface area contributed by atoms with Gasteiger partial charge in [-0.1, -0.05) is 0 Å². The number of hydrogen-bond acceptors (Lipinski definition) is 3. The molecule has 1 aromatic rings. The summed E-state index contributed by atoms with van der Waals surface area (Å²) in [5.74, 6) is 0.0693. The Kier molecular flexibility index (Phi) is 2.56. The van der Waals surface area contributed by atoms with Gasteiger partial charge in [-0.3, -0.25) is 4.79 Å². The zero-order valence-corrected chi connectivity index (χ0v) is 8.93. The molecule has 2 heterocycles. The summed E-state index contributed by atoms with van der Waals surface area (Å²) >= 11 is 1.73. The molecule has 14 heavy (non-hydrogen) atoms.